The smallest absolute Gasteiger partial charge is 0.247 e. The number of rotatable bonds is 6. The lowest BCUT2D eigenvalue weighted by Crippen LogP contribution is -2.43. The predicted molar refractivity (Wildman–Crippen MR) is 95.9 cm³/mol. The summed E-state index contributed by atoms with van der Waals surface area (Å²) in [5.41, 5.74) is 0.430. The first kappa shape index (κ1) is 17.5. The number of anilines is 1. The summed E-state index contributed by atoms with van der Waals surface area (Å²) in [5.74, 6) is -0.0841. The molecule has 4 rings (SSSR count). The van der Waals surface area contributed by atoms with Gasteiger partial charge in [-0.05, 0) is 56.7 Å². The molecule has 2 N–H and O–H groups in total. The van der Waals surface area contributed by atoms with Crippen molar-refractivity contribution in [2.45, 2.75) is 55.5 Å². The van der Waals surface area contributed by atoms with Gasteiger partial charge in [-0.2, -0.15) is 0 Å². The zero-order chi connectivity index (χ0) is 18.3. The molecule has 7 nitrogen and oxygen atoms in total. The highest BCUT2D eigenvalue weighted by Crippen LogP contribution is 2.34. The van der Waals surface area contributed by atoms with Crippen molar-refractivity contribution in [3.8, 4) is 0 Å². The molecule has 1 unspecified atom stereocenters. The van der Waals surface area contributed by atoms with Crippen LogP contribution in [0.1, 0.15) is 38.5 Å². The SMILES string of the molecule is O=C(Nc1cccc(S(=O)(=O)NC2CC2)c1)C1CCCN1C(=O)C1CC1. The molecule has 1 atom stereocenters. The normalized spacial score (nSPS) is 23.1. The van der Waals surface area contributed by atoms with Gasteiger partial charge in [0.2, 0.25) is 21.8 Å². The summed E-state index contributed by atoms with van der Waals surface area (Å²) >= 11 is 0. The van der Waals surface area contributed by atoms with Crippen molar-refractivity contribution >= 4 is 27.5 Å². The zero-order valence-corrected chi connectivity index (χ0v) is 15.3. The number of nitrogens with one attached hydrogen (secondary N) is 2. The van der Waals surface area contributed by atoms with Gasteiger partial charge in [-0.25, -0.2) is 13.1 Å². The van der Waals surface area contributed by atoms with Gasteiger partial charge >= 0.3 is 0 Å². The molecule has 0 aromatic heterocycles. The third-order valence-electron chi connectivity index (χ3n) is 5.08. The van der Waals surface area contributed by atoms with Crippen molar-refractivity contribution in [3.05, 3.63) is 24.3 Å². The monoisotopic (exact) mass is 377 g/mol. The Bertz CT molecular complexity index is 831. The van der Waals surface area contributed by atoms with Crippen LogP contribution in [0.15, 0.2) is 29.2 Å². The van der Waals surface area contributed by atoms with Gasteiger partial charge < -0.3 is 10.2 Å². The summed E-state index contributed by atoms with van der Waals surface area (Å²) in [6.45, 7) is 0.618. The average molecular weight is 377 g/mol. The molecular formula is C18H23N3O4S. The van der Waals surface area contributed by atoms with Gasteiger partial charge in [-0.3, -0.25) is 9.59 Å². The van der Waals surface area contributed by atoms with Crippen molar-refractivity contribution < 1.29 is 18.0 Å². The maximum Gasteiger partial charge on any atom is 0.247 e. The fourth-order valence-corrected chi connectivity index (χ4v) is 4.67. The minimum atomic E-state index is -3.57. The number of sulfonamides is 1. The molecule has 1 aliphatic heterocycles. The van der Waals surface area contributed by atoms with E-state index in [1.807, 2.05) is 0 Å². The number of benzene rings is 1. The van der Waals surface area contributed by atoms with E-state index in [2.05, 4.69) is 10.0 Å². The van der Waals surface area contributed by atoms with Crippen LogP contribution in [0.25, 0.3) is 0 Å². The minimum Gasteiger partial charge on any atom is -0.330 e. The van der Waals surface area contributed by atoms with Gasteiger partial charge in [-0.1, -0.05) is 6.07 Å². The number of likely N-dealkylation sites (tertiary alicyclic amines) is 1. The standard InChI is InChI=1S/C18H23N3O4S/c22-17(16-5-2-10-21(16)18(23)12-6-7-12)19-14-3-1-4-15(11-14)26(24,25)20-13-8-9-13/h1,3-4,11-13,16,20H,2,5-10H2,(H,19,22). The van der Waals surface area contributed by atoms with Crippen LogP contribution in [-0.4, -0.2) is 43.8 Å². The van der Waals surface area contributed by atoms with Crippen LogP contribution in [0.2, 0.25) is 0 Å². The van der Waals surface area contributed by atoms with E-state index in [1.165, 1.54) is 12.1 Å². The van der Waals surface area contributed by atoms with Crippen molar-refractivity contribution in [2.24, 2.45) is 5.92 Å². The minimum absolute atomic E-state index is 0.0266. The lowest BCUT2D eigenvalue weighted by Gasteiger charge is -2.24. The second-order valence-electron chi connectivity index (χ2n) is 7.38. The number of nitrogens with zero attached hydrogens (tertiary/aromatic N) is 1. The molecule has 0 bridgehead atoms. The molecule has 1 heterocycles. The molecular weight excluding hydrogens is 354 g/mol. The number of amides is 2. The Morgan fingerprint density at radius 1 is 1.08 bits per heavy atom. The molecule has 26 heavy (non-hydrogen) atoms. The fraction of sp³-hybridized carbons (Fsp3) is 0.556. The van der Waals surface area contributed by atoms with Gasteiger partial charge in [0.15, 0.2) is 0 Å². The summed E-state index contributed by atoms with van der Waals surface area (Å²) in [4.78, 5) is 26.8. The zero-order valence-electron chi connectivity index (χ0n) is 14.5. The first-order valence-corrected chi connectivity index (χ1v) is 10.7. The number of carbonyl (C=O) groups is 2. The van der Waals surface area contributed by atoms with Crippen LogP contribution in [0, 0.1) is 5.92 Å². The van der Waals surface area contributed by atoms with Crippen molar-refractivity contribution in [1.29, 1.82) is 0 Å². The van der Waals surface area contributed by atoms with Crippen molar-refractivity contribution in [3.63, 3.8) is 0 Å². The first-order chi connectivity index (χ1) is 12.4. The quantitative estimate of drug-likeness (QED) is 0.785. The lowest BCUT2D eigenvalue weighted by molar-refractivity contribution is -0.137. The van der Waals surface area contributed by atoms with Gasteiger partial charge in [-0.15, -0.1) is 0 Å². The van der Waals surface area contributed by atoms with Crippen LogP contribution in [0.3, 0.4) is 0 Å². The van der Waals surface area contributed by atoms with Crippen LogP contribution in [0.4, 0.5) is 5.69 Å². The third-order valence-corrected chi connectivity index (χ3v) is 6.59. The highest BCUT2D eigenvalue weighted by molar-refractivity contribution is 7.89. The largest absolute Gasteiger partial charge is 0.330 e. The van der Waals surface area contributed by atoms with E-state index < -0.39 is 16.1 Å². The second kappa shape index (κ2) is 6.66. The Labute approximate surface area is 153 Å². The summed E-state index contributed by atoms with van der Waals surface area (Å²) in [6.07, 6.45) is 5.02. The number of carbonyl (C=O) groups excluding carboxylic acids is 2. The molecule has 1 aromatic rings. The number of hydrogen-bond donors (Lipinski definition) is 2. The molecule has 1 saturated heterocycles. The maximum absolute atomic E-state index is 12.7. The Kier molecular flexibility index (Phi) is 4.48. The van der Waals surface area contributed by atoms with E-state index in [1.54, 1.807) is 17.0 Å². The van der Waals surface area contributed by atoms with Crippen molar-refractivity contribution in [2.75, 3.05) is 11.9 Å². The predicted octanol–water partition coefficient (Wildman–Crippen LogP) is 1.47. The van der Waals surface area contributed by atoms with E-state index >= 15 is 0 Å². The molecule has 0 radical (unpaired) electrons. The molecule has 8 heteroatoms. The molecule has 2 aliphatic carbocycles. The maximum atomic E-state index is 12.7. The van der Waals surface area contributed by atoms with Crippen LogP contribution in [-0.2, 0) is 19.6 Å². The van der Waals surface area contributed by atoms with E-state index in [0.29, 0.717) is 18.7 Å². The lowest BCUT2D eigenvalue weighted by atomic mass is 10.2. The van der Waals surface area contributed by atoms with E-state index in [-0.39, 0.29) is 28.7 Å². The molecule has 2 saturated carbocycles. The van der Waals surface area contributed by atoms with Gasteiger partial charge in [0.1, 0.15) is 6.04 Å². The fourth-order valence-electron chi connectivity index (χ4n) is 3.32. The summed E-state index contributed by atoms with van der Waals surface area (Å²) in [6, 6.07) is 5.81. The summed E-state index contributed by atoms with van der Waals surface area (Å²) in [7, 11) is -3.57. The van der Waals surface area contributed by atoms with Gasteiger partial charge in [0, 0.05) is 24.2 Å². The Hall–Kier alpha value is -1.93. The van der Waals surface area contributed by atoms with Crippen LogP contribution >= 0.6 is 0 Å². The number of hydrogen-bond acceptors (Lipinski definition) is 4. The second-order valence-corrected chi connectivity index (χ2v) is 9.09. The molecule has 3 fully saturated rings. The molecule has 1 aromatic carbocycles. The topological polar surface area (TPSA) is 95.6 Å². The summed E-state index contributed by atoms with van der Waals surface area (Å²) < 4.78 is 27.3. The Morgan fingerprint density at radius 3 is 2.54 bits per heavy atom. The van der Waals surface area contributed by atoms with Crippen molar-refractivity contribution in [1.82, 2.24) is 9.62 Å². The van der Waals surface area contributed by atoms with Crippen LogP contribution in [0.5, 0.6) is 0 Å². The highest BCUT2D eigenvalue weighted by Gasteiger charge is 2.40. The molecule has 0 spiro atoms. The first-order valence-electron chi connectivity index (χ1n) is 9.18. The van der Waals surface area contributed by atoms with Gasteiger partial charge in [0.05, 0.1) is 4.90 Å². The highest BCUT2D eigenvalue weighted by atomic mass is 32.2. The van der Waals surface area contributed by atoms with Gasteiger partial charge in [0.25, 0.3) is 0 Å². The average Bonchev–Trinajstić information content (AvgIpc) is 3.53. The van der Waals surface area contributed by atoms with E-state index in [0.717, 1.165) is 32.1 Å². The van der Waals surface area contributed by atoms with E-state index in [4.69, 9.17) is 0 Å². The van der Waals surface area contributed by atoms with Crippen LogP contribution < -0.4 is 10.0 Å². The third kappa shape index (κ3) is 3.76. The Balaban J connectivity index is 1.45. The summed E-state index contributed by atoms with van der Waals surface area (Å²) in [5, 5.41) is 2.78. The molecule has 140 valence electrons. The Morgan fingerprint density at radius 2 is 1.85 bits per heavy atom. The molecule has 2 amide bonds. The molecule has 3 aliphatic rings. The van der Waals surface area contributed by atoms with E-state index in [9.17, 15) is 18.0 Å².